The van der Waals surface area contributed by atoms with Crippen LogP contribution < -0.4 is 14.5 Å². The Morgan fingerprint density at radius 1 is 0.917 bits per heavy atom. The van der Waals surface area contributed by atoms with E-state index in [2.05, 4.69) is 9.80 Å². The Morgan fingerprint density at radius 2 is 1.53 bits per heavy atom. The lowest BCUT2D eigenvalue weighted by Gasteiger charge is -2.37. The third kappa shape index (κ3) is 5.45. The number of anilines is 2. The highest BCUT2D eigenvalue weighted by molar-refractivity contribution is 6.42. The number of rotatable bonds is 6. The van der Waals surface area contributed by atoms with E-state index in [-0.39, 0.29) is 28.9 Å². The average molecular weight is 556 g/mol. The number of hydrogen-bond acceptors (Lipinski definition) is 6. The van der Waals surface area contributed by atoms with Crippen LogP contribution >= 0.6 is 34.8 Å². The molecule has 0 aromatic heterocycles. The Hall–Kier alpha value is -2.42. The molecule has 2 heterocycles. The van der Waals surface area contributed by atoms with Gasteiger partial charge in [-0.1, -0.05) is 34.8 Å². The van der Waals surface area contributed by atoms with Crippen LogP contribution in [0.25, 0.3) is 0 Å². The predicted molar refractivity (Wildman–Crippen MR) is 144 cm³/mol. The van der Waals surface area contributed by atoms with Crippen LogP contribution in [0.3, 0.4) is 0 Å². The molecule has 1 amide bonds. The van der Waals surface area contributed by atoms with Crippen molar-refractivity contribution in [1.82, 2.24) is 4.90 Å². The van der Waals surface area contributed by atoms with Crippen molar-refractivity contribution >= 4 is 57.8 Å². The molecule has 2 fully saturated rings. The van der Waals surface area contributed by atoms with Gasteiger partial charge in [-0.2, -0.15) is 0 Å². The number of piperidine rings is 1. The molecule has 0 bridgehead atoms. The normalized spacial score (nSPS) is 16.3. The summed E-state index contributed by atoms with van der Waals surface area (Å²) >= 11 is 19.0. The number of nitro groups is 1. The van der Waals surface area contributed by atoms with Crippen molar-refractivity contribution < 1.29 is 14.5 Å². The number of hydrogen-bond donors (Lipinski definition) is 0. The Labute approximate surface area is 225 Å². The summed E-state index contributed by atoms with van der Waals surface area (Å²) in [7, 11) is 0. The first kappa shape index (κ1) is 26.6. The molecule has 2 aromatic carbocycles. The number of carbonyl (C=O) groups is 1. The highest BCUT2D eigenvalue weighted by Crippen LogP contribution is 2.42. The summed E-state index contributed by atoms with van der Waals surface area (Å²) in [5.41, 5.74) is 3.05. The molecule has 36 heavy (non-hydrogen) atoms. The zero-order valence-corrected chi connectivity index (χ0v) is 22.6. The van der Waals surface area contributed by atoms with Crippen molar-refractivity contribution in [3.63, 3.8) is 0 Å². The quantitative estimate of drug-likeness (QED) is 0.327. The second-order valence-corrected chi connectivity index (χ2v) is 10.3. The standard InChI is InChI=1S/C25H29Cl3N4O4/c1-16-22(26)17(2)24(28)25(23(16)27)36-15-21(33)31-12-10-29(11-13-31)18-6-7-19(32(34)35)20(14-18)30-8-4-3-5-9-30/h6-7,14H,3-5,8-13,15H2,1-2H3. The molecular weight excluding hydrogens is 527 g/mol. The van der Waals surface area contributed by atoms with Gasteiger partial charge in [-0.3, -0.25) is 14.9 Å². The van der Waals surface area contributed by atoms with Crippen molar-refractivity contribution in [3.8, 4) is 5.75 Å². The molecular formula is C25H29Cl3N4O4. The second kappa shape index (κ2) is 11.3. The molecule has 0 N–H and O–H groups in total. The van der Waals surface area contributed by atoms with Gasteiger partial charge in [0.25, 0.3) is 11.6 Å². The summed E-state index contributed by atoms with van der Waals surface area (Å²) in [4.78, 5) is 30.2. The molecule has 4 rings (SSSR count). The van der Waals surface area contributed by atoms with E-state index < -0.39 is 0 Å². The van der Waals surface area contributed by atoms with E-state index in [1.165, 1.54) is 0 Å². The van der Waals surface area contributed by atoms with Gasteiger partial charge in [0.1, 0.15) is 5.69 Å². The van der Waals surface area contributed by atoms with Gasteiger partial charge < -0.3 is 19.4 Å². The molecule has 2 aliphatic heterocycles. The third-order valence-corrected chi connectivity index (χ3v) is 8.38. The van der Waals surface area contributed by atoms with E-state index in [1.807, 2.05) is 6.07 Å². The van der Waals surface area contributed by atoms with Gasteiger partial charge in [-0.15, -0.1) is 0 Å². The smallest absolute Gasteiger partial charge is 0.292 e. The number of benzene rings is 2. The third-order valence-electron chi connectivity index (χ3n) is 6.91. The van der Waals surface area contributed by atoms with Crippen molar-refractivity contribution in [1.29, 1.82) is 0 Å². The van der Waals surface area contributed by atoms with Gasteiger partial charge in [-0.05, 0) is 56.4 Å². The zero-order valence-electron chi connectivity index (χ0n) is 20.4. The maximum atomic E-state index is 12.8. The van der Waals surface area contributed by atoms with E-state index in [0.29, 0.717) is 58.1 Å². The van der Waals surface area contributed by atoms with Crippen LogP contribution in [-0.4, -0.2) is 61.6 Å². The summed E-state index contributed by atoms with van der Waals surface area (Å²) in [6.07, 6.45) is 3.23. The molecule has 8 nitrogen and oxygen atoms in total. The lowest BCUT2D eigenvalue weighted by molar-refractivity contribution is -0.384. The van der Waals surface area contributed by atoms with Crippen LogP contribution in [-0.2, 0) is 4.79 Å². The van der Waals surface area contributed by atoms with E-state index in [1.54, 1.807) is 30.9 Å². The first-order valence-electron chi connectivity index (χ1n) is 12.0. The maximum Gasteiger partial charge on any atom is 0.292 e. The molecule has 2 aliphatic rings. The van der Waals surface area contributed by atoms with E-state index in [9.17, 15) is 14.9 Å². The van der Waals surface area contributed by atoms with Crippen LogP contribution in [0.5, 0.6) is 5.75 Å². The van der Waals surface area contributed by atoms with Crippen LogP contribution in [0.2, 0.25) is 15.1 Å². The Kier molecular flexibility index (Phi) is 8.37. The Morgan fingerprint density at radius 3 is 2.11 bits per heavy atom. The van der Waals surface area contributed by atoms with Crippen LogP contribution in [0.1, 0.15) is 30.4 Å². The van der Waals surface area contributed by atoms with Gasteiger partial charge >= 0.3 is 0 Å². The molecule has 2 saturated heterocycles. The van der Waals surface area contributed by atoms with Gasteiger partial charge in [0.05, 0.1) is 15.0 Å². The molecule has 0 aliphatic carbocycles. The fourth-order valence-electron chi connectivity index (χ4n) is 4.73. The molecule has 11 heteroatoms. The average Bonchev–Trinajstić information content (AvgIpc) is 2.90. The number of piperazine rings is 1. The van der Waals surface area contributed by atoms with Gasteiger partial charge in [0.15, 0.2) is 12.4 Å². The molecule has 0 atom stereocenters. The highest BCUT2D eigenvalue weighted by atomic mass is 35.5. The predicted octanol–water partition coefficient (Wildman–Crippen LogP) is 5.89. The van der Waals surface area contributed by atoms with Gasteiger partial charge in [-0.25, -0.2) is 0 Å². The highest BCUT2D eigenvalue weighted by Gasteiger charge is 2.26. The fraction of sp³-hybridized carbons (Fsp3) is 0.480. The van der Waals surface area contributed by atoms with Gasteiger partial charge in [0.2, 0.25) is 0 Å². The fourth-order valence-corrected chi connectivity index (χ4v) is 5.55. The first-order chi connectivity index (χ1) is 17.2. The minimum atomic E-state index is -0.313. The van der Waals surface area contributed by atoms with Crippen molar-refractivity contribution in [2.24, 2.45) is 0 Å². The topological polar surface area (TPSA) is 79.2 Å². The molecule has 0 spiro atoms. The summed E-state index contributed by atoms with van der Waals surface area (Å²) in [5.74, 6) is 0.102. The maximum absolute atomic E-state index is 12.8. The summed E-state index contributed by atoms with van der Waals surface area (Å²) in [5, 5.41) is 12.7. The summed E-state index contributed by atoms with van der Waals surface area (Å²) < 4.78 is 5.73. The molecule has 0 saturated carbocycles. The van der Waals surface area contributed by atoms with Crippen LogP contribution in [0.4, 0.5) is 17.1 Å². The number of ether oxygens (including phenoxy) is 1. The van der Waals surface area contributed by atoms with Crippen molar-refractivity contribution in [2.45, 2.75) is 33.1 Å². The lowest BCUT2D eigenvalue weighted by Crippen LogP contribution is -2.50. The summed E-state index contributed by atoms with van der Waals surface area (Å²) in [6.45, 7) is 7.27. The van der Waals surface area contributed by atoms with Gasteiger partial charge in [0, 0.05) is 56.0 Å². The monoisotopic (exact) mass is 554 g/mol. The van der Waals surface area contributed by atoms with E-state index >= 15 is 0 Å². The molecule has 2 aromatic rings. The Bertz CT molecular complexity index is 1130. The molecule has 0 unspecified atom stereocenters. The summed E-state index contributed by atoms with van der Waals surface area (Å²) in [6, 6.07) is 5.30. The minimum absolute atomic E-state index is 0.136. The van der Waals surface area contributed by atoms with E-state index in [4.69, 9.17) is 39.5 Å². The largest absolute Gasteiger partial charge is 0.481 e. The first-order valence-corrected chi connectivity index (χ1v) is 13.1. The molecule has 194 valence electrons. The second-order valence-electron chi connectivity index (χ2n) is 9.16. The number of nitrogens with zero attached hydrogens (tertiary/aromatic N) is 4. The SMILES string of the molecule is Cc1c(Cl)c(C)c(Cl)c(OCC(=O)N2CCN(c3ccc([N+](=O)[O-])c(N4CCCCC4)c3)CC2)c1Cl. The van der Waals surface area contributed by atoms with Crippen LogP contribution in [0.15, 0.2) is 18.2 Å². The van der Waals surface area contributed by atoms with Crippen LogP contribution in [0, 0.1) is 24.0 Å². The van der Waals surface area contributed by atoms with E-state index in [0.717, 1.165) is 38.0 Å². The number of nitro benzene ring substituents is 1. The number of amides is 1. The minimum Gasteiger partial charge on any atom is -0.481 e. The van der Waals surface area contributed by atoms with Crippen molar-refractivity contribution in [3.05, 3.63) is 54.5 Å². The molecule has 0 radical (unpaired) electrons. The lowest BCUT2D eigenvalue weighted by atomic mass is 10.1. The Balaban J connectivity index is 1.39. The number of halogens is 3. The number of carbonyl (C=O) groups excluding carboxylic acids is 1. The zero-order chi connectivity index (χ0) is 26.0. The van der Waals surface area contributed by atoms with Crippen molar-refractivity contribution in [2.75, 3.05) is 55.7 Å².